The number of hydrogen-bond acceptors (Lipinski definition) is 4. The lowest BCUT2D eigenvalue weighted by Crippen LogP contribution is -2.01. The molecule has 0 bridgehead atoms. The molecule has 1 aromatic heterocycles. The average Bonchev–Trinajstić information content (AvgIpc) is 2.28. The molecular weight excluding hydrogens is 202 g/mol. The maximum absolute atomic E-state index is 9.13. The minimum absolute atomic E-state index is 0.269. The molecule has 0 saturated heterocycles. The molecule has 0 atom stereocenters. The van der Waals surface area contributed by atoms with Gasteiger partial charge in [0.15, 0.2) is 0 Å². The number of anilines is 2. The second-order valence-electron chi connectivity index (χ2n) is 3.49. The van der Waals surface area contributed by atoms with Crippen molar-refractivity contribution >= 4 is 11.5 Å². The highest BCUT2D eigenvalue weighted by atomic mass is 16.3. The van der Waals surface area contributed by atoms with Gasteiger partial charge in [-0.25, -0.2) is 4.98 Å². The second-order valence-corrected chi connectivity index (χ2v) is 3.49. The smallest absolute Gasteiger partial charge is 0.128 e. The highest BCUT2D eigenvalue weighted by Gasteiger charge is 1.96. The number of nitrogens with one attached hydrogen (secondary N) is 1. The summed E-state index contributed by atoms with van der Waals surface area (Å²) in [6.45, 7) is 0.650. The molecule has 1 heterocycles. The maximum Gasteiger partial charge on any atom is 0.128 e. The zero-order valence-corrected chi connectivity index (χ0v) is 8.72. The summed E-state index contributed by atoms with van der Waals surface area (Å²) in [4.78, 5) is 4.13. The Morgan fingerprint density at radius 1 is 1.19 bits per heavy atom. The van der Waals surface area contributed by atoms with Gasteiger partial charge in [-0.05, 0) is 23.8 Å². The molecule has 0 aliphatic rings. The molecule has 4 heteroatoms. The standard InChI is InChI=1S/C12H13N3O/c13-10-5-6-14-12(7-10)15-8-9-1-3-11(16)4-2-9/h1-7,16H,8H2,(H3,13,14,15). The summed E-state index contributed by atoms with van der Waals surface area (Å²) < 4.78 is 0. The summed E-state index contributed by atoms with van der Waals surface area (Å²) >= 11 is 0. The van der Waals surface area contributed by atoms with Crippen molar-refractivity contribution in [3.63, 3.8) is 0 Å². The molecule has 16 heavy (non-hydrogen) atoms. The molecular formula is C12H13N3O. The lowest BCUT2D eigenvalue weighted by molar-refractivity contribution is 0.475. The van der Waals surface area contributed by atoms with Gasteiger partial charge in [-0.3, -0.25) is 0 Å². The van der Waals surface area contributed by atoms with E-state index in [1.54, 1.807) is 30.5 Å². The Kier molecular flexibility index (Phi) is 2.91. The molecule has 0 amide bonds. The van der Waals surface area contributed by atoms with Crippen molar-refractivity contribution in [2.75, 3.05) is 11.1 Å². The van der Waals surface area contributed by atoms with Crippen LogP contribution >= 0.6 is 0 Å². The zero-order chi connectivity index (χ0) is 11.4. The Morgan fingerprint density at radius 2 is 1.94 bits per heavy atom. The molecule has 0 aliphatic carbocycles. The SMILES string of the molecule is Nc1ccnc(NCc2ccc(O)cc2)c1. The fourth-order valence-electron chi connectivity index (χ4n) is 1.35. The molecule has 0 aliphatic heterocycles. The summed E-state index contributed by atoms with van der Waals surface area (Å²) in [7, 11) is 0. The first-order valence-corrected chi connectivity index (χ1v) is 4.97. The van der Waals surface area contributed by atoms with E-state index < -0.39 is 0 Å². The third-order valence-corrected chi connectivity index (χ3v) is 2.19. The van der Waals surface area contributed by atoms with Gasteiger partial charge in [-0.2, -0.15) is 0 Å². The van der Waals surface area contributed by atoms with Crippen LogP contribution < -0.4 is 11.1 Å². The van der Waals surface area contributed by atoms with Crippen molar-refractivity contribution in [1.82, 2.24) is 4.98 Å². The summed E-state index contributed by atoms with van der Waals surface area (Å²) in [5, 5.41) is 12.3. The van der Waals surface area contributed by atoms with Crippen LogP contribution in [-0.2, 0) is 6.54 Å². The second kappa shape index (κ2) is 4.53. The van der Waals surface area contributed by atoms with Crippen LogP contribution in [0.4, 0.5) is 11.5 Å². The molecule has 0 fully saturated rings. The van der Waals surface area contributed by atoms with E-state index in [1.165, 1.54) is 0 Å². The molecule has 0 radical (unpaired) electrons. The van der Waals surface area contributed by atoms with E-state index in [1.807, 2.05) is 12.1 Å². The molecule has 0 saturated carbocycles. The maximum atomic E-state index is 9.13. The number of aromatic hydroxyl groups is 1. The Balaban J connectivity index is 1.99. The molecule has 82 valence electrons. The van der Waals surface area contributed by atoms with Gasteiger partial charge in [0.2, 0.25) is 0 Å². The molecule has 0 spiro atoms. The first-order valence-electron chi connectivity index (χ1n) is 4.97. The largest absolute Gasteiger partial charge is 0.508 e. The third kappa shape index (κ3) is 2.63. The first kappa shape index (κ1) is 10.3. The molecule has 0 unspecified atom stereocenters. The van der Waals surface area contributed by atoms with Crippen LogP contribution in [0.25, 0.3) is 0 Å². The van der Waals surface area contributed by atoms with E-state index >= 15 is 0 Å². The lowest BCUT2D eigenvalue weighted by atomic mass is 10.2. The third-order valence-electron chi connectivity index (χ3n) is 2.19. The number of benzene rings is 1. The van der Waals surface area contributed by atoms with Gasteiger partial charge in [0.05, 0.1) is 0 Å². The monoisotopic (exact) mass is 215 g/mol. The Bertz CT molecular complexity index is 468. The molecule has 2 rings (SSSR count). The highest BCUT2D eigenvalue weighted by Crippen LogP contribution is 2.12. The minimum atomic E-state index is 0.269. The lowest BCUT2D eigenvalue weighted by Gasteiger charge is -2.06. The number of rotatable bonds is 3. The van der Waals surface area contributed by atoms with Crippen LogP contribution in [0.1, 0.15) is 5.56 Å². The normalized spacial score (nSPS) is 10.0. The van der Waals surface area contributed by atoms with Crippen LogP contribution in [0, 0.1) is 0 Å². The van der Waals surface area contributed by atoms with Crippen molar-refractivity contribution in [2.45, 2.75) is 6.54 Å². The van der Waals surface area contributed by atoms with E-state index in [9.17, 15) is 0 Å². The fourth-order valence-corrected chi connectivity index (χ4v) is 1.35. The summed E-state index contributed by atoms with van der Waals surface area (Å²) in [6.07, 6.45) is 1.66. The van der Waals surface area contributed by atoms with Crippen LogP contribution in [0.15, 0.2) is 42.6 Å². The number of pyridine rings is 1. The van der Waals surface area contributed by atoms with Crippen LogP contribution in [-0.4, -0.2) is 10.1 Å². The fraction of sp³-hybridized carbons (Fsp3) is 0.0833. The predicted molar refractivity (Wildman–Crippen MR) is 64.1 cm³/mol. The highest BCUT2D eigenvalue weighted by molar-refractivity contribution is 5.48. The number of nitrogens with zero attached hydrogens (tertiary/aromatic N) is 1. The van der Waals surface area contributed by atoms with Crippen LogP contribution in [0.2, 0.25) is 0 Å². The topological polar surface area (TPSA) is 71.2 Å². The van der Waals surface area contributed by atoms with Crippen molar-refractivity contribution in [2.24, 2.45) is 0 Å². The number of nitrogens with two attached hydrogens (primary N) is 1. The van der Waals surface area contributed by atoms with Gasteiger partial charge in [0, 0.05) is 24.5 Å². The zero-order valence-electron chi connectivity index (χ0n) is 8.72. The van der Waals surface area contributed by atoms with Crippen molar-refractivity contribution in [1.29, 1.82) is 0 Å². The van der Waals surface area contributed by atoms with Crippen molar-refractivity contribution in [3.05, 3.63) is 48.2 Å². The van der Waals surface area contributed by atoms with E-state index in [0.29, 0.717) is 12.2 Å². The quantitative estimate of drug-likeness (QED) is 0.732. The van der Waals surface area contributed by atoms with Gasteiger partial charge in [0.1, 0.15) is 11.6 Å². The van der Waals surface area contributed by atoms with Gasteiger partial charge >= 0.3 is 0 Å². The summed E-state index contributed by atoms with van der Waals surface area (Å²) in [5.41, 5.74) is 7.39. The Morgan fingerprint density at radius 3 is 2.62 bits per heavy atom. The van der Waals surface area contributed by atoms with Gasteiger partial charge < -0.3 is 16.2 Å². The van der Waals surface area contributed by atoms with Crippen molar-refractivity contribution < 1.29 is 5.11 Å². The number of hydrogen-bond donors (Lipinski definition) is 3. The van der Waals surface area contributed by atoms with E-state index in [4.69, 9.17) is 10.8 Å². The van der Waals surface area contributed by atoms with E-state index in [2.05, 4.69) is 10.3 Å². The Labute approximate surface area is 93.8 Å². The molecule has 2 aromatic rings. The number of phenols is 1. The number of nitrogen functional groups attached to an aromatic ring is 1. The van der Waals surface area contributed by atoms with Crippen LogP contribution in [0.5, 0.6) is 5.75 Å². The summed E-state index contributed by atoms with van der Waals surface area (Å²) in [5.74, 6) is 1.01. The Hall–Kier alpha value is -2.23. The van der Waals surface area contributed by atoms with Gasteiger partial charge in [-0.1, -0.05) is 12.1 Å². The number of aromatic nitrogens is 1. The average molecular weight is 215 g/mol. The van der Waals surface area contributed by atoms with Crippen molar-refractivity contribution in [3.8, 4) is 5.75 Å². The summed E-state index contributed by atoms with van der Waals surface area (Å²) in [6, 6.07) is 10.5. The molecule has 4 nitrogen and oxygen atoms in total. The van der Waals surface area contributed by atoms with E-state index in [-0.39, 0.29) is 5.75 Å². The molecule has 4 N–H and O–H groups in total. The van der Waals surface area contributed by atoms with E-state index in [0.717, 1.165) is 11.4 Å². The van der Waals surface area contributed by atoms with Crippen LogP contribution in [0.3, 0.4) is 0 Å². The predicted octanol–water partition coefficient (Wildman–Crippen LogP) is 1.98. The van der Waals surface area contributed by atoms with Gasteiger partial charge in [-0.15, -0.1) is 0 Å². The molecule has 1 aromatic carbocycles. The minimum Gasteiger partial charge on any atom is -0.508 e. The first-order chi connectivity index (χ1) is 7.74. The van der Waals surface area contributed by atoms with Gasteiger partial charge in [0.25, 0.3) is 0 Å². The number of phenolic OH excluding ortho intramolecular Hbond substituents is 1.